The van der Waals surface area contributed by atoms with Crippen molar-refractivity contribution in [2.45, 2.75) is 6.54 Å². The number of benzene rings is 3. The highest BCUT2D eigenvalue weighted by molar-refractivity contribution is 6.10. The van der Waals surface area contributed by atoms with E-state index in [1.54, 1.807) is 12.1 Å². The van der Waals surface area contributed by atoms with E-state index in [0.29, 0.717) is 17.7 Å². The SMILES string of the molecule is N#C/C(=C\c1cn(Cc2ccccc2C#N)c2ccccc12)C(=O)Nc1ccccc1F. The molecule has 0 aliphatic rings. The lowest BCUT2D eigenvalue weighted by atomic mass is 10.1. The number of rotatable bonds is 5. The van der Waals surface area contributed by atoms with Gasteiger partial charge in [0.1, 0.15) is 17.5 Å². The quantitative estimate of drug-likeness (QED) is 0.354. The number of halogens is 1. The molecule has 5 nitrogen and oxygen atoms in total. The van der Waals surface area contributed by atoms with Crippen LogP contribution in [0.4, 0.5) is 10.1 Å². The summed E-state index contributed by atoms with van der Waals surface area (Å²) in [5.41, 5.74) is 2.89. The lowest BCUT2D eigenvalue weighted by molar-refractivity contribution is -0.112. The maximum atomic E-state index is 13.9. The number of nitrogens with one attached hydrogen (secondary N) is 1. The minimum Gasteiger partial charge on any atom is -0.342 e. The number of aromatic nitrogens is 1. The molecule has 0 atom stereocenters. The number of para-hydroxylation sites is 2. The molecular weight excluding hydrogens is 403 g/mol. The Hall–Kier alpha value is -4.68. The van der Waals surface area contributed by atoms with Gasteiger partial charge in [0.15, 0.2) is 0 Å². The van der Waals surface area contributed by atoms with E-state index in [9.17, 15) is 19.7 Å². The summed E-state index contributed by atoms with van der Waals surface area (Å²) in [6.07, 6.45) is 3.33. The first-order chi connectivity index (χ1) is 15.6. The van der Waals surface area contributed by atoms with Crippen molar-refractivity contribution in [2.75, 3.05) is 5.32 Å². The molecule has 0 spiro atoms. The van der Waals surface area contributed by atoms with E-state index < -0.39 is 11.7 Å². The van der Waals surface area contributed by atoms with Crippen LogP contribution in [-0.2, 0) is 11.3 Å². The predicted molar refractivity (Wildman–Crippen MR) is 121 cm³/mol. The fraction of sp³-hybridized carbons (Fsp3) is 0.0385. The molecule has 4 rings (SSSR count). The number of hydrogen-bond acceptors (Lipinski definition) is 3. The van der Waals surface area contributed by atoms with Crippen LogP contribution in [0, 0.1) is 28.5 Å². The van der Waals surface area contributed by atoms with Gasteiger partial charge >= 0.3 is 0 Å². The van der Waals surface area contributed by atoms with Crippen LogP contribution in [-0.4, -0.2) is 10.5 Å². The molecule has 1 aromatic heterocycles. The third-order valence-electron chi connectivity index (χ3n) is 5.08. The smallest absolute Gasteiger partial charge is 0.266 e. The molecule has 0 aliphatic heterocycles. The van der Waals surface area contributed by atoms with Crippen molar-refractivity contribution in [3.8, 4) is 12.1 Å². The van der Waals surface area contributed by atoms with Crippen LogP contribution in [0.1, 0.15) is 16.7 Å². The van der Waals surface area contributed by atoms with Gasteiger partial charge in [-0.3, -0.25) is 4.79 Å². The van der Waals surface area contributed by atoms with Gasteiger partial charge in [-0.2, -0.15) is 10.5 Å². The molecule has 0 aliphatic carbocycles. The maximum Gasteiger partial charge on any atom is 0.266 e. The second-order valence-electron chi connectivity index (χ2n) is 7.10. The number of anilines is 1. The van der Waals surface area contributed by atoms with E-state index in [4.69, 9.17) is 0 Å². The first-order valence-corrected chi connectivity index (χ1v) is 9.84. The Kier molecular flexibility index (Phi) is 5.78. The van der Waals surface area contributed by atoms with Crippen LogP contribution in [0.2, 0.25) is 0 Å². The van der Waals surface area contributed by atoms with Gasteiger partial charge in [-0.1, -0.05) is 48.5 Å². The van der Waals surface area contributed by atoms with Crippen LogP contribution in [0.15, 0.2) is 84.6 Å². The predicted octanol–water partition coefficient (Wildman–Crippen LogP) is 5.25. The van der Waals surface area contributed by atoms with Crippen LogP contribution in [0.5, 0.6) is 0 Å². The molecule has 0 saturated carbocycles. The molecule has 0 unspecified atom stereocenters. The highest BCUT2D eigenvalue weighted by Gasteiger charge is 2.14. The monoisotopic (exact) mass is 420 g/mol. The molecular formula is C26H17FN4O. The summed E-state index contributed by atoms with van der Waals surface area (Å²) in [7, 11) is 0. The van der Waals surface area contributed by atoms with E-state index in [1.165, 1.54) is 24.3 Å². The van der Waals surface area contributed by atoms with Gasteiger partial charge in [-0.05, 0) is 35.9 Å². The highest BCUT2D eigenvalue weighted by atomic mass is 19.1. The third-order valence-corrected chi connectivity index (χ3v) is 5.08. The second kappa shape index (κ2) is 8.99. The zero-order valence-electron chi connectivity index (χ0n) is 16.9. The Labute approximate surface area is 184 Å². The fourth-order valence-corrected chi connectivity index (χ4v) is 3.53. The van der Waals surface area contributed by atoms with Gasteiger partial charge < -0.3 is 9.88 Å². The third kappa shape index (κ3) is 4.12. The molecule has 0 bridgehead atoms. The Bertz CT molecular complexity index is 1440. The molecule has 1 N–H and O–H groups in total. The fourth-order valence-electron chi connectivity index (χ4n) is 3.53. The number of fused-ring (bicyclic) bond motifs is 1. The number of carbonyl (C=O) groups excluding carboxylic acids is 1. The Morgan fingerprint density at radius 2 is 1.72 bits per heavy atom. The van der Waals surface area contributed by atoms with Crippen molar-refractivity contribution in [1.29, 1.82) is 10.5 Å². The first-order valence-electron chi connectivity index (χ1n) is 9.84. The molecule has 154 valence electrons. The summed E-state index contributed by atoms with van der Waals surface area (Å²) in [4.78, 5) is 12.6. The van der Waals surface area contributed by atoms with Gasteiger partial charge in [0.2, 0.25) is 0 Å². The molecule has 32 heavy (non-hydrogen) atoms. The average molecular weight is 420 g/mol. The summed E-state index contributed by atoms with van der Waals surface area (Å²) in [6, 6.07) is 24.9. The Balaban J connectivity index is 1.72. The number of hydrogen-bond donors (Lipinski definition) is 1. The first kappa shape index (κ1) is 20.6. The summed E-state index contributed by atoms with van der Waals surface area (Å²) in [6.45, 7) is 0.460. The van der Waals surface area contributed by atoms with Crippen LogP contribution >= 0.6 is 0 Å². The van der Waals surface area contributed by atoms with Crippen LogP contribution in [0.3, 0.4) is 0 Å². The highest BCUT2D eigenvalue weighted by Crippen LogP contribution is 2.25. The van der Waals surface area contributed by atoms with Crippen molar-refractivity contribution in [1.82, 2.24) is 4.57 Å². The van der Waals surface area contributed by atoms with E-state index >= 15 is 0 Å². The number of carbonyl (C=O) groups is 1. The summed E-state index contributed by atoms with van der Waals surface area (Å²) >= 11 is 0. The number of nitriles is 2. The standard InChI is InChI=1S/C26H17FN4O/c27-23-10-4-5-11-24(23)30-26(32)20(15-29)13-21-17-31(25-12-6-3-9-22(21)25)16-19-8-2-1-7-18(19)14-28/h1-13,17H,16H2,(H,30,32)/b20-13+. The maximum absolute atomic E-state index is 13.9. The molecule has 0 fully saturated rings. The number of nitrogens with zero attached hydrogens (tertiary/aromatic N) is 3. The molecule has 6 heteroatoms. The summed E-state index contributed by atoms with van der Waals surface area (Å²) in [5.74, 6) is -1.27. The van der Waals surface area contributed by atoms with Crippen molar-refractivity contribution in [3.63, 3.8) is 0 Å². The molecule has 1 amide bonds. The molecule has 0 saturated heterocycles. The number of amides is 1. The normalized spacial score (nSPS) is 11.0. The van der Waals surface area contributed by atoms with Crippen molar-refractivity contribution in [3.05, 3.63) is 107 Å². The minimum atomic E-state index is -0.691. The lowest BCUT2D eigenvalue weighted by Crippen LogP contribution is -2.14. The lowest BCUT2D eigenvalue weighted by Gasteiger charge is -2.07. The van der Waals surface area contributed by atoms with Gasteiger partial charge in [0, 0.05) is 29.2 Å². The average Bonchev–Trinajstić information content (AvgIpc) is 3.16. The topological polar surface area (TPSA) is 81.6 Å². The molecule has 1 heterocycles. The minimum absolute atomic E-state index is 0.00851. The zero-order chi connectivity index (χ0) is 22.5. The van der Waals surface area contributed by atoms with E-state index in [-0.39, 0.29) is 11.3 Å². The van der Waals surface area contributed by atoms with E-state index in [0.717, 1.165) is 16.5 Å². The van der Waals surface area contributed by atoms with Gasteiger partial charge in [-0.25, -0.2) is 4.39 Å². The Morgan fingerprint density at radius 3 is 2.50 bits per heavy atom. The van der Waals surface area contributed by atoms with Crippen molar-refractivity contribution < 1.29 is 9.18 Å². The molecule has 4 aromatic rings. The van der Waals surface area contributed by atoms with Gasteiger partial charge in [0.25, 0.3) is 5.91 Å². The van der Waals surface area contributed by atoms with Crippen LogP contribution in [0.25, 0.3) is 17.0 Å². The zero-order valence-corrected chi connectivity index (χ0v) is 16.9. The Morgan fingerprint density at radius 1 is 1.00 bits per heavy atom. The van der Waals surface area contributed by atoms with Crippen molar-refractivity contribution >= 4 is 28.6 Å². The molecule has 3 aromatic carbocycles. The van der Waals surface area contributed by atoms with Crippen LogP contribution < -0.4 is 5.32 Å². The van der Waals surface area contributed by atoms with E-state index in [1.807, 2.05) is 59.3 Å². The van der Waals surface area contributed by atoms with E-state index in [2.05, 4.69) is 11.4 Å². The summed E-state index contributed by atoms with van der Waals surface area (Å²) in [5, 5.41) is 22.3. The largest absolute Gasteiger partial charge is 0.342 e. The van der Waals surface area contributed by atoms with Crippen molar-refractivity contribution in [2.24, 2.45) is 0 Å². The second-order valence-corrected chi connectivity index (χ2v) is 7.10. The van der Waals surface area contributed by atoms with Gasteiger partial charge in [-0.15, -0.1) is 0 Å². The molecule has 0 radical (unpaired) electrons. The van der Waals surface area contributed by atoms with Gasteiger partial charge in [0.05, 0.1) is 17.3 Å². The summed E-state index contributed by atoms with van der Waals surface area (Å²) < 4.78 is 15.9.